The highest BCUT2D eigenvalue weighted by Crippen LogP contribution is 2.30. The van der Waals surface area contributed by atoms with Gasteiger partial charge in [0.25, 0.3) is 0 Å². The van der Waals surface area contributed by atoms with Crippen LogP contribution in [0.15, 0.2) is 43.1 Å². The zero-order valence-corrected chi connectivity index (χ0v) is 10.9. The molecule has 1 aliphatic rings. The second-order valence-corrected chi connectivity index (χ2v) is 4.97. The Labute approximate surface area is 113 Å². The Morgan fingerprint density at radius 1 is 1.05 bits per heavy atom. The number of piperidine rings is 1. The second-order valence-electron chi connectivity index (χ2n) is 4.97. The molecule has 2 aromatic heterocycles. The lowest BCUT2D eigenvalue weighted by Crippen LogP contribution is -2.33. The van der Waals surface area contributed by atoms with Crippen molar-refractivity contribution in [1.29, 1.82) is 0 Å². The maximum atomic E-state index is 4.48. The highest BCUT2D eigenvalue weighted by atomic mass is 15.2. The van der Waals surface area contributed by atoms with Crippen LogP contribution < -0.4 is 0 Å². The molecular weight excluding hydrogens is 236 g/mol. The maximum absolute atomic E-state index is 4.48. The van der Waals surface area contributed by atoms with Gasteiger partial charge in [-0.05, 0) is 37.1 Å². The standard InChI is InChI=1S/C15H18N4/c1-2-10-19(12-13-4-6-16-7-5-13)15(3-1)14-11-17-8-9-18-14/h4-9,11,15H,1-3,10,12H2/t15-/m0/s1. The van der Waals surface area contributed by atoms with Crippen LogP contribution in [-0.4, -0.2) is 26.4 Å². The topological polar surface area (TPSA) is 41.9 Å². The zero-order valence-electron chi connectivity index (χ0n) is 10.9. The molecule has 0 radical (unpaired) electrons. The van der Waals surface area contributed by atoms with Gasteiger partial charge in [0.05, 0.1) is 11.7 Å². The molecule has 0 aliphatic carbocycles. The first-order valence-electron chi connectivity index (χ1n) is 6.82. The van der Waals surface area contributed by atoms with E-state index in [2.05, 4.69) is 32.0 Å². The Kier molecular flexibility index (Phi) is 3.79. The summed E-state index contributed by atoms with van der Waals surface area (Å²) in [6.07, 6.45) is 12.8. The van der Waals surface area contributed by atoms with Gasteiger partial charge in [0.15, 0.2) is 0 Å². The predicted octanol–water partition coefficient (Wildman–Crippen LogP) is 2.60. The molecule has 2 aromatic rings. The molecule has 4 nitrogen and oxygen atoms in total. The number of hydrogen-bond acceptors (Lipinski definition) is 4. The molecule has 1 saturated heterocycles. The van der Waals surface area contributed by atoms with Crippen molar-refractivity contribution in [3.05, 3.63) is 54.4 Å². The van der Waals surface area contributed by atoms with Crippen LogP contribution >= 0.6 is 0 Å². The summed E-state index contributed by atoms with van der Waals surface area (Å²) in [5.74, 6) is 0. The van der Waals surface area contributed by atoms with Crippen LogP contribution in [0.2, 0.25) is 0 Å². The van der Waals surface area contributed by atoms with Crippen LogP contribution in [0.25, 0.3) is 0 Å². The summed E-state index contributed by atoms with van der Waals surface area (Å²) in [5, 5.41) is 0. The number of aromatic nitrogens is 3. The van der Waals surface area contributed by atoms with Gasteiger partial charge in [0, 0.05) is 37.5 Å². The third-order valence-electron chi connectivity index (χ3n) is 3.67. The van der Waals surface area contributed by atoms with Gasteiger partial charge in [0.1, 0.15) is 0 Å². The lowest BCUT2D eigenvalue weighted by Gasteiger charge is -2.35. The van der Waals surface area contributed by atoms with Gasteiger partial charge in [0.2, 0.25) is 0 Å². The van der Waals surface area contributed by atoms with E-state index in [4.69, 9.17) is 0 Å². The number of hydrogen-bond donors (Lipinski definition) is 0. The average molecular weight is 254 g/mol. The molecular formula is C15H18N4. The van der Waals surface area contributed by atoms with Crippen LogP contribution in [0.5, 0.6) is 0 Å². The van der Waals surface area contributed by atoms with E-state index in [0.717, 1.165) is 18.8 Å². The first-order chi connectivity index (χ1) is 9.43. The third kappa shape index (κ3) is 2.96. The minimum atomic E-state index is 0.399. The minimum Gasteiger partial charge on any atom is -0.290 e. The lowest BCUT2D eigenvalue weighted by atomic mass is 9.99. The van der Waals surface area contributed by atoms with E-state index in [9.17, 15) is 0 Å². The summed E-state index contributed by atoms with van der Waals surface area (Å²) >= 11 is 0. The monoisotopic (exact) mass is 254 g/mol. The van der Waals surface area contributed by atoms with Crippen molar-refractivity contribution >= 4 is 0 Å². The molecule has 4 heteroatoms. The number of likely N-dealkylation sites (tertiary alicyclic amines) is 1. The van der Waals surface area contributed by atoms with E-state index in [0.29, 0.717) is 6.04 Å². The van der Waals surface area contributed by atoms with Gasteiger partial charge in [-0.25, -0.2) is 0 Å². The summed E-state index contributed by atoms with van der Waals surface area (Å²) in [4.78, 5) is 15.3. The number of rotatable bonds is 3. The summed E-state index contributed by atoms with van der Waals surface area (Å²) in [5.41, 5.74) is 2.40. The Morgan fingerprint density at radius 3 is 2.74 bits per heavy atom. The fourth-order valence-electron chi connectivity index (χ4n) is 2.72. The fourth-order valence-corrected chi connectivity index (χ4v) is 2.72. The second kappa shape index (κ2) is 5.89. The number of nitrogens with zero attached hydrogens (tertiary/aromatic N) is 4. The Bertz CT molecular complexity index is 500. The van der Waals surface area contributed by atoms with Gasteiger partial charge in [-0.1, -0.05) is 6.42 Å². The average Bonchev–Trinajstić information content (AvgIpc) is 2.50. The van der Waals surface area contributed by atoms with E-state index in [-0.39, 0.29) is 0 Å². The molecule has 1 atom stereocenters. The minimum absolute atomic E-state index is 0.399. The first kappa shape index (κ1) is 12.2. The summed E-state index contributed by atoms with van der Waals surface area (Å²) in [6.45, 7) is 2.09. The van der Waals surface area contributed by atoms with Crippen LogP contribution in [0.4, 0.5) is 0 Å². The summed E-state index contributed by atoms with van der Waals surface area (Å²) in [7, 11) is 0. The maximum Gasteiger partial charge on any atom is 0.0758 e. The summed E-state index contributed by atoms with van der Waals surface area (Å²) in [6, 6.07) is 4.57. The zero-order chi connectivity index (χ0) is 12.9. The molecule has 0 spiro atoms. The van der Waals surface area contributed by atoms with E-state index < -0.39 is 0 Å². The molecule has 1 aliphatic heterocycles. The van der Waals surface area contributed by atoms with Gasteiger partial charge < -0.3 is 0 Å². The molecule has 1 fully saturated rings. The van der Waals surface area contributed by atoms with Gasteiger partial charge >= 0.3 is 0 Å². The predicted molar refractivity (Wildman–Crippen MR) is 73.3 cm³/mol. The highest BCUT2D eigenvalue weighted by Gasteiger charge is 2.24. The Balaban J connectivity index is 1.78. The van der Waals surface area contributed by atoms with Crippen molar-refractivity contribution in [2.24, 2.45) is 0 Å². The van der Waals surface area contributed by atoms with Gasteiger partial charge in [-0.2, -0.15) is 0 Å². The fraction of sp³-hybridized carbons (Fsp3) is 0.400. The largest absolute Gasteiger partial charge is 0.290 e. The van der Waals surface area contributed by atoms with Crippen molar-refractivity contribution < 1.29 is 0 Å². The van der Waals surface area contributed by atoms with Gasteiger partial charge in [-0.3, -0.25) is 19.9 Å². The summed E-state index contributed by atoms with van der Waals surface area (Å²) < 4.78 is 0. The van der Waals surface area contributed by atoms with Crippen LogP contribution in [0.1, 0.15) is 36.6 Å². The smallest absolute Gasteiger partial charge is 0.0758 e. The molecule has 0 bridgehead atoms. The lowest BCUT2D eigenvalue weighted by molar-refractivity contribution is 0.137. The quantitative estimate of drug-likeness (QED) is 0.844. The van der Waals surface area contributed by atoms with Crippen molar-refractivity contribution in [2.75, 3.05) is 6.54 Å². The van der Waals surface area contributed by atoms with Crippen molar-refractivity contribution in [3.63, 3.8) is 0 Å². The Morgan fingerprint density at radius 2 is 1.95 bits per heavy atom. The molecule has 0 amide bonds. The van der Waals surface area contributed by atoms with Crippen LogP contribution in [-0.2, 0) is 6.54 Å². The van der Waals surface area contributed by atoms with E-state index >= 15 is 0 Å². The van der Waals surface area contributed by atoms with Crippen LogP contribution in [0, 0.1) is 0 Å². The van der Waals surface area contributed by atoms with Crippen molar-refractivity contribution in [2.45, 2.75) is 31.8 Å². The molecule has 0 aromatic carbocycles. The molecule has 0 N–H and O–H groups in total. The molecule has 3 rings (SSSR count). The normalized spacial score (nSPS) is 20.3. The van der Waals surface area contributed by atoms with Crippen molar-refractivity contribution in [3.8, 4) is 0 Å². The Hall–Kier alpha value is -1.81. The third-order valence-corrected chi connectivity index (χ3v) is 3.67. The number of pyridine rings is 1. The molecule has 98 valence electrons. The molecule has 0 saturated carbocycles. The molecule has 19 heavy (non-hydrogen) atoms. The van der Waals surface area contributed by atoms with E-state index in [1.165, 1.54) is 24.8 Å². The highest BCUT2D eigenvalue weighted by molar-refractivity contribution is 5.11. The van der Waals surface area contributed by atoms with E-state index in [1.807, 2.05) is 18.6 Å². The van der Waals surface area contributed by atoms with Crippen molar-refractivity contribution in [1.82, 2.24) is 19.9 Å². The van der Waals surface area contributed by atoms with Gasteiger partial charge in [-0.15, -0.1) is 0 Å². The first-order valence-corrected chi connectivity index (χ1v) is 6.82. The van der Waals surface area contributed by atoms with E-state index in [1.54, 1.807) is 12.4 Å². The molecule has 3 heterocycles. The SMILES string of the molecule is c1cc(CN2CCCC[C@H]2c2cnccn2)ccn1. The molecule has 0 unspecified atom stereocenters. The van der Waals surface area contributed by atoms with Crippen LogP contribution in [0.3, 0.4) is 0 Å².